The van der Waals surface area contributed by atoms with Gasteiger partial charge in [-0.2, -0.15) is 0 Å². The summed E-state index contributed by atoms with van der Waals surface area (Å²) in [5.41, 5.74) is 0.431. The van der Waals surface area contributed by atoms with E-state index >= 15 is 0 Å². The van der Waals surface area contributed by atoms with Crippen LogP contribution in [0.15, 0.2) is 46.9 Å². The van der Waals surface area contributed by atoms with Gasteiger partial charge < -0.3 is 4.74 Å². The van der Waals surface area contributed by atoms with Crippen LogP contribution < -0.4 is 4.74 Å². The number of hydrogen-bond donors (Lipinski definition) is 0. The highest BCUT2D eigenvalue weighted by molar-refractivity contribution is 9.10. The van der Waals surface area contributed by atoms with Crippen LogP contribution in [0.2, 0.25) is 5.02 Å². The van der Waals surface area contributed by atoms with Crippen molar-refractivity contribution in [1.82, 2.24) is 0 Å². The lowest BCUT2D eigenvalue weighted by Gasteiger charge is -2.14. The molecular weight excluding hydrogens is 347 g/mol. The Kier molecular flexibility index (Phi) is 4.78. The van der Waals surface area contributed by atoms with E-state index in [1.807, 2.05) is 0 Å². The van der Waals surface area contributed by atoms with Crippen LogP contribution in [0.25, 0.3) is 0 Å². The van der Waals surface area contributed by atoms with Crippen molar-refractivity contribution in [2.45, 2.75) is 13.0 Å². The zero-order valence-corrected chi connectivity index (χ0v) is 12.9. The molecule has 0 N–H and O–H groups in total. The van der Waals surface area contributed by atoms with Crippen molar-refractivity contribution >= 4 is 33.3 Å². The molecule has 0 saturated heterocycles. The first-order chi connectivity index (χ1) is 9.47. The zero-order valence-electron chi connectivity index (χ0n) is 10.6. The first-order valence-corrected chi connectivity index (χ1v) is 7.06. The summed E-state index contributed by atoms with van der Waals surface area (Å²) in [6, 6.07) is 10.9. The number of benzene rings is 2. The molecule has 0 spiro atoms. The highest BCUT2D eigenvalue weighted by Crippen LogP contribution is 2.24. The molecule has 2 aromatic rings. The number of ketones is 1. The maximum Gasteiger partial charge on any atom is 0.203 e. The van der Waals surface area contributed by atoms with Gasteiger partial charge in [0.2, 0.25) is 5.78 Å². The molecule has 0 fully saturated rings. The van der Waals surface area contributed by atoms with E-state index in [-0.39, 0.29) is 11.5 Å². The molecule has 0 aliphatic carbocycles. The second-order valence-corrected chi connectivity index (χ2v) is 5.56. The Balaban J connectivity index is 2.17. The molecule has 1 unspecified atom stereocenters. The highest BCUT2D eigenvalue weighted by Gasteiger charge is 2.18. The molecule has 0 aliphatic heterocycles. The van der Waals surface area contributed by atoms with Gasteiger partial charge in [0.05, 0.1) is 0 Å². The molecule has 0 aromatic heterocycles. The zero-order chi connectivity index (χ0) is 14.7. The van der Waals surface area contributed by atoms with E-state index in [1.54, 1.807) is 37.3 Å². The van der Waals surface area contributed by atoms with Crippen molar-refractivity contribution in [3.8, 4) is 5.75 Å². The van der Waals surface area contributed by atoms with Gasteiger partial charge in [-0.15, -0.1) is 0 Å². The Morgan fingerprint density at radius 3 is 2.75 bits per heavy atom. The normalized spacial score (nSPS) is 12.0. The highest BCUT2D eigenvalue weighted by atomic mass is 79.9. The Morgan fingerprint density at radius 1 is 1.30 bits per heavy atom. The van der Waals surface area contributed by atoms with Crippen LogP contribution in [0, 0.1) is 5.82 Å². The van der Waals surface area contributed by atoms with Gasteiger partial charge in [-0.3, -0.25) is 4.79 Å². The summed E-state index contributed by atoms with van der Waals surface area (Å²) in [6.07, 6.45) is -0.808. The number of rotatable bonds is 4. The lowest BCUT2D eigenvalue weighted by molar-refractivity contribution is 0.0812. The predicted molar refractivity (Wildman–Crippen MR) is 80.0 cm³/mol. The molecule has 0 amide bonds. The summed E-state index contributed by atoms with van der Waals surface area (Å²) in [4.78, 5) is 12.2. The van der Waals surface area contributed by atoms with Gasteiger partial charge in [0.25, 0.3) is 0 Å². The molecule has 2 nitrogen and oxygen atoms in total. The lowest BCUT2D eigenvalue weighted by atomic mass is 10.1. The predicted octanol–water partition coefficient (Wildman–Crippen LogP) is 4.89. The van der Waals surface area contributed by atoms with Crippen LogP contribution in [0.4, 0.5) is 4.39 Å². The minimum absolute atomic E-state index is 0.0299. The standard InChI is InChI=1S/C15H11BrClFO2/c1-9(15(19)10-3-2-4-12(17)7-10)20-14-8-11(16)5-6-13(14)18/h2-9H,1H3. The van der Waals surface area contributed by atoms with Gasteiger partial charge in [0.15, 0.2) is 17.7 Å². The van der Waals surface area contributed by atoms with Crippen LogP contribution >= 0.6 is 27.5 Å². The number of Topliss-reactive ketones (excluding diaryl/α,β-unsaturated/α-hetero) is 1. The summed E-state index contributed by atoms with van der Waals surface area (Å²) in [5, 5.41) is 0.469. The molecule has 0 aliphatic rings. The first-order valence-electron chi connectivity index (χ1n) is 5.89. The summed E-state index contributed by atoms with van der Waals surface area (Å²) < 4.78 is 19.6. The summed E-state index contributed by atoms with van der Waals surface area (Å²) >= 11 is 9.07. The van der Waals surface area contributed by atoms with Crippen LogP contribution in [0.3, 0.4) is 0 Å². The van der Waals surface area contributed by atoms with E-state index < -0.39 is 11.9 Å². The SMILES string of the molecule is CC(Oc1cc(Br)ccc1F)C(=O)c1cccc(Cl)c1. The fourth-order valence-corrected chi connectivity index (χ4v) is 2.22. The van der Waals surface area contributed by atoms with Crippen LogP contribution in [-0.2, 0) is 0 Å². The molecule has 104 valence electrons. The fourth-order valence-electron chi connectivity index (χ4n) is 1.69. The van der Waals surface area contributed by atoms with E-state index in [1.165, 1.54) is 12.1 Å². The van der Waals surface area contributed by atoms with Crippen LogP contribution in [-0.4, -0.2) is 11.9 Å². The molecule has 5 heteroatoms. The second-order valence-electron chi connectivity index (χ2n) is 4.21. The van der Waals surface area contributed by atoms with Gasteiger partial charge in [-0.05, 0) is 37.3 Å². The minimum Gasteiger partial charge on any atom is -0.479 e. The Labute approximate surface area is 129 Å². The Bertz CT molecular complexity index is 646. The molecule has 1 atom stereocenters. The number of hydrogen-bond acceptors (Lipinski definition) is 2. The summed E-state index contributed by atoms with van der Waals surface area (Å²) in [6.45, 7) is 1.57. The first kappa shape index (κ1) is 15.0. The Hall–Kier alpha value is -1.39. The van der Waals surface area contributed by atoms with Gasteiger partial charge in [0, 0.05) is 15.1 Å². The van der Waals surface area contributed by atoms with Gasteiger partial charge in [0.1, 0.15) is 0 Å². The van der Waals surface area contributed by atoms with Crippen molar-refractivity contribution in [1.29, 1.82) is 0 Å². The second kappa shape index (κ2) is 6.37. The lowest BCUT2D eigenvalue weighted by Crippen LogP contribution is -2.24. The molecule has 20 heavy (non-hydrogen) atoms. The maximum atomic E-state index is 13.6. The molecule has 0 heterocycles. The third-order valence-corrected chi connectivity index (χ3v) is 3.40. The topological polar surface area (TPSA) is 26.3 Å². The molecule has 0 saturated carbocycles. The van der Waals surface area contributed by atoms with Crippen molar-refractivity contribution in [3.63, 3.8) is 0 Å². The summed E-state index contributed by atoms with van der Waals surface area (Å²) in [7, 11) is 0. The molecule has 0 bridgehead atoms. The van der Waals surface area contributed by atoms with Crippen LogP contribution in [0.1, 0.15) is 17.3 Å². The molecule has 2 aromatic carbocycles. The van der Waals surface area contributed by atoms with E-state index in [9.17, 15) is 9.18 Å². The number of carbonyl (C=O) groups excluding carboxylic acids is 1. The van der Waals surface area contributed by atoms with E-state index in [2.05, 4.69) is 15.9 Å². The van der Waals surface area contributed by atoms with Gasteiger partial charge in [-0.1, -0.05) is 39.7 Å². The van der Waals surface area contributed by atoms with Crippen molar-refractivity contribution in [2.75, 3.05) is 0 Å². The average Bonchev–Trinajstić information content (AvgIpc) is 2.42. The monoisotopic (exact) mass is 356 g/mol. The molecular formula is C15H11BrClFO2. The van der Waals surface area contributed by atoms with Crippen molar-refractivity contribution in [3.05, 3.63) is 63.3 Å². The van der Waals surface area contributed by atoms with Crippen molar-refractivity contribution in [2.24, 2.45) is 0 Å². The third-order valence-electron chi connectivity index (χ3n) is 2.68. The number of ether oxygens (including phenoxy) is 1. The van der Waals surface area contributed by atoms with Gasteiger partial charge >= 0.3 is 0 Å². The fraction of sp³-hybridized carbons (Fsp3) is 0.133. The summed E-state index contributed by atoms with van der Waals surface area (Å²) in [5.74, 6) is -0.743. The largest absolute Gasteiger partial charge is 0.479 e. The molecule has 0 radical (unpaired) electrons. The average molecular weight is 358 g/mol. The quantitative estimate of drug-likeness (QED) is 0.728. The number of carbonyl (C=O) groups is 1. The van der Waals surface area contributed by atoms with E-state index in [4.69, 9.17) is 16.3 Å². The van der Waals surface area contributed by atoms with Crippen molar-refractivity contribution < 1.29 is 13.9 Å². The number of halogens is 3. The van der Waals surface area contributed by atoms with E-state index in [0.29, 0.717) is 15.1 Å². The minimum atomic E-state index is -0.808. The third kappa shape index (κ3) is 3.58. The Morgan fingerprint density at radius 2 is 2.05 bits per heavy atom. The van der Waals surface area contributed by atoms with Gasteiger partial charge in [-0.25, -0.2) is 4.39 Å². The van der Waals surface area contributed by atoms with E-state index in [0.717, 1.165) is 0 Å². The maximum absolute atomic E-state index is 13.6. The van der Waals surface area contributed by atoms with Crippen LogP contribution in [0.5, 0.6) is 5.75 Å². The molecule has 2 rings (SSSR count). The smallest absolute Gasteiger partial charge is 0.203 e.